The molecule has 0 aliphatic carbocycles. The molecule has 5 nitrogen and oxygen atoms in total. The van der Waals surface area contributed by atoms with E-state index in [1.165, 1.54) is 11.3 Å². The Bertz CT molecular complexity index is 929. The van der Waals surface area contributed by atoms with Crippen LogP contribution in [0.25, 0.3) is 10.2 Å². The fourth-order valence-corrected chi connectivity index (χ4v) is 3.92. The lowest BCUT2D eigenvalue weighted by Crippen LogP contribution is -2.22. The summed E-state index contributed by atoms with van der Waals surface area (Å²) in [5, 5.41) is 10.5. The third-order valence-electron chi connectivity index (χ3n) is 3.83. The Kier molecular flexibility index (Phi) is 5.85. The number of hydrogen-bond donors (Lipinski definition) is 1. The molecule has 1 aliphatic rings. The number of pyridine rings is 1. The van der Waals surface area contributed by atoms with Crippen molar-refractivity contribution in [1.82, 2.24) is 9.99 Å². The van der Waals surface area contributed by atoms with Crippen LogP contribution in [0.2, 0.25) is 0 Å². The smallest absolute Gasteiger partial charge is 0.194 e. The Morgan fingerprint density at radius 1 is 1.54 bits per heavy atom. The number of nitrogens with zero attached hydrogens (tertiary/aromatic N) is 3. The number of carbonyl (C=O) groups excluding carboxylic acids is 1. The van der Waals surface area contributed by atoms with Gasteiger partial charge in [0.15, 0.2) is 5.78 Å². The molecule has 0 fully saturated rings. The molecule has 0 saturated carbocycles. The average Bonchev–Trinajstić information content (AvgIpc) is 2.94. The van der Waals surface area contributed by atoms with Crippen LogP contribution in [-0.4, -0.2) is 41.0 Å². The van der Waals surface area contributed by atoms with Gasteiger partial charge in [-0.1, -0.05) is 18.7 Å². The average molecular weight is 387 g/mol. The van der Waals surface area contributed by atoms with Crippen LogP contribution < -0.4 is 5.32 Å². The molecule has 0 bridgehead atoms. The molecule has 1 N–H and O–H groups in total. The maximum absolute atomic E-state index is 12.9. The summed E-state index contributed by atoms with van der Waals surface area (Å²) < 4.78 is 0. The van der Waals surface area contributed by atoms with Gasteiger partial charge in [-0.3, -0.25) is 9.80 Å². The lowest BCUT2D eigenvalue weighted by molar-refractivity contribution is 0.0959. The van der Waals surface area contributed by atoms with Gasteiger partial charge in [0.2, 0.25) is 0 Å². The third-order valence-corrected chi connectivity index (χ3v) is 5.17. The van der Waals surface area contributed by atoms with Crippen molar-refractivity contribution < 1.29 is 4.79 Å². The van der Waals surface area contributed by atoms with Gasteiger partial charge in [0, 0.05) is 35.3 Å². The summed E-state index contributed by atoms with van der Waals surface area (Å²) >= 11 is 7.15. The number of allylic oxidation sites excluding steroid dienone is 4. The zero-order valence-corrected chi connectivity index (χ0v) is 16.0. The minimum Gasteiger partial charge on any atom is -0.385 e. The molecule has 2 aromatic heterocycles. The number of Topliss-reactive ketones (excluding diaryl/α,β-unsaturated/α-hetero) is 1. The lowest BCUT2D eigenvalue weighted by atomic mass is 10.1. The molecule has 0 radical (unpaired) electrons. The number of anilines is 1. The predicted octanol–water partition coefficient (Wildman–Crippen LogP) is 4.43. The lowest BCUT2D eigenvalue weighted by Gasteiger charge is -2.17. The minimum absolute atomic E-state index is 0.0113. The first-order valence-corrected chi connectivity index (χ1v) is 9.60. The first kappa shape index (κ1) is 18.4. The number of rotatable bonds is 6. The number of alkyl halides is 1. The summed E-state index contributed by atoms with van der Waals surface area (Å²) in [5.74, 6) is 0.396. The number of nitrogens with one attached hydrogen (secondary N) is 1. The first-order valence-electron chi connectivity index (χ1n) is 8.24. The summed E-state index contributed by atoms with van der Waals surface area (Å²) in [5.41, 5.74) is 2.54. The molecule has 0 unspecified atom stereocenters. The number of aromatic nitrogens is 1. The fraction of sp³-hybridized carbons (Fsp3) is 0.211. The van der Waals surface area contributed by atoms with Crippen LogP contribution in [0.4, 0.5) is 5.69 Å². The van der Waals surface area contributed by atoms with Crippen molar-refractivity contribution in [3.05, 3.63) is 59.3 Å². The molecule has 1 aliphatic heterocycles. The molecular weight excluding hydrogens is 368 g/mol. The van der Waals surface area contributed by atoms with Gasteiger partial charge in [0.1, 0.15) is 11.4 Å². The van der Waals surface area contributed by atoms with Gasteiger partial charge in [-0.25, -0.2) is 4.98 Å². The SMILES string of the molecule is C=C/C=C(\C=C/CCl)N1CC(=O)c2sc3nccc(NCC)c3c2C=N1. The second kappa shape index (κ2) is 8.29. The van der Waals surface area contributed by atoms with Crippen molar-refractivity contribution in [3.8, 4) is 0 Å². The van der Waals surface area contributed by atoms with Crippen molar-refractivity contribution in [3.63, 3.8) is 0 Å². The van der Waals surface area contributed by atoms with Crippen LogP contribution in [0.15, 0.2) is 53.9 Å². The Morgan fingerprint density at radius 3 is 3.12 bits per heavy atom. The van der Waals surface area contributed by atoms with Crippen LogP contribution >= 0.6 is 22.9 Å². The molecule has 2 aromatic rings. The maximum atomic E-state index is 12.9. The van der Waals surface area contributed by atoms with E-state index >= 15 is 0 Å². The van der Waals surface area contributed by atoms with Crippen molar-refractivity contribution in [2.75, 3.05) is 24.3 Å². The molecule has 0 spiro atoms. The van der Waals surface area contributed by atoms with Crippen LogP contribution in [0, 0.1) is 0 Å². The number of carbonyl (C=O) groups is 1. The molecule has 0 amide bonds. The summed E-state index contributed by atoms with van der Waals surface area (Å²) in [6.07, 6.45) is 10.6. The van der Waals surface area contributed by atoms with E-state index < -0.39 is 0 Å². The summed E-state index contributed by atoms with van der Waals surface area (Å²) in [6.45, 7) is 6.70. The molecule has 3 rings (SSSR count). The Labute approximate surface area is 161 Å². The van der Waals surface area contributed by atoms with E-state index in [0.29, 0.717) is 10.8 Å². The number of thiophene rings is 1. The molecule has 0 saturated heterocycles. The minimum atomic E-state index is 0.0113. The number of hydrazone groups is 1. The van der Waals surface area contributed by atoms with Gasteiger partial charge in [-0.2, -0.15) is 5.10 Å². The van der Waals surface area contributed by atoms with Crippen LogP contribution in [-0.2, 0) is 0 Å². The van der Waals surface area contributed by atoms with Gasteiger partial charge >= 0.3 is 0 Å². The van der Waals surface area contributed by atoms with Gasteiger partial charge in [-0.15, -0.1) is 22.9 Å². The summed E-state index contributed by atoms with van der Waals surface area (Å²) in [4.78, 5) is 18.8. The largest absolute Gasteiger partial charge is 0.385 e. The number of hydrogen-bond acceptors (Lipinski definition) is 6. The predicted molar refractivity (Wildman–Crippen MR) is 111 cm³/mol. The molecular formula is C19H19ClN4OS. The third kappa shape index (κ3) is 3.57. The molecule has 3 heterocycles. The molecule has 26 heavy (non-hydrogen) atoms. The zero-order valence-electron chi connectivity index (χ0n) is 14.4. The molecule has 7 heteroatoms. The van der Waals surface area contributed by atoms with Crippen molar-refractivity contribution in [1.29, 1.82) is 0 Å². The van der Waals surface area contributed by atoms with E-state index in [4.69, 9.17) is 11.6 Å². The van der Waals surface area contributed by atoms with Gasteiger partial charge in [-0.05, 0) is 25.1 Å². The van der Waals surface area contributed by atoms with Gasteiger partial charge in [0.25, 0.3) is 0 Å². The molecule has 0 atom stereocenters. The second-order valence-corrected chi connectivity index (χ2v) is 6.83. The standard InChI is InChI=1S/C19H19ClN4OS/c1-3-6-13(7-5-9-20)24-12-16(25)18-14(11-23-24)17-15(21-4-2)8-10-22-19(17)26-18/h3,5-8,10-11H,1,4,9,12H2,2H3,(H,21,22)/b7-5-,13-6+. The monoisotopic (exact) mass is 386 g/mol. The topological polar surface area (TPSA) is 57.6 Å². The molecule has 0 aromatic carbocycles. The van der Waals surface area contributed by atoms with E-state index in [0.717, 1.165) is 33.7 Å². The number of ketones is 1. The van der Waals surface area contributed by atoms with Gasteiger partial charge < -0.3 is 5.32 Å². The summed E-state index contributed by atoms with van der Waals surface area (Å²) in [6, 6.07) is 1.92. The number of fused-ring (bicyclic) bond motifs is 3. The fourth-order valence-electron chi connectivity index (χ4n) is 2.76. The van der Waals surface area contributed by atoms with Crippen molar-refractivity contribution in [2.24, 2.45) is 5.10 Å². The van der Waals surface area contributed by atoms with E-state index in [1.807, 2.05) is 19.1 Å². The second-order valence-electron chi connectivity index (χ2n) is 5.52. The highest BCUT2D eigenvalue weighted by Crippen LogP contribution is 2.35. The van der Waals surface area contributed by atoms with E-state index in [9.17, 15) is 4.79 Å². The van der Waals surface area contributed by atoms with Gasteiger partial charge in [0.05, 0.1) is 16.8 Å². The van der Waals surface area contributed by atoms with E-state index in [-0.39, 0.29) is 12.3 Å². The highest BCUT2D eigenvalue weighted by Gasteiger charge is 2.25. The molecule has 134 valence electrons. The normalized spacial score (nSPS) is 14.8. The van der Waals surface area contributed by atoms with E-state index in [1.54, 1.807) is 35.6 Å². The highest BCUT2D eigenvalue weighted by atomic mass is 35.5. The van der Waals surface area contributed by atoms with Crippen LogP contribution in [0.1, 0.15) is 22.2 Å². The Hall–Kier alpha value is -2.44. The Morgan fingerprint density at radius 2 is 2.38 bits per heavy atom. The highest BCUT2D eigenvalue weighted by molar-refractivity contribution is 7.21. The zero-order chi connectivity index (χ0) is 18.5. The quantitative estimate of drug-likeness (QED) is 0.589. The maximum Gasteiger partial charge on any atom is 0.194 e. The van der Waals surface area contributed by atoms with Crippen molar-refractivity contribution in [2.45, 2.75) is 6.92 Å². The van der Waals surface area contributed by atoms with Crippen LogP contribution in [0.3, 0.4) is 0 Å². The van der Waals surface area contributed by atoms with Crippen molar-refractivity contribution >= 4 is 50.8 Å². The van der Waals surface area contributed by atoms with Crippen LogP contribution in [0.5, 0.6) is 0 Å². The number of halogens is 1. The first-order chi connectivity index (χ1) is 12.7. The summed E-state index contributed by atoms with van der Waals surface area (Å²) in [7, 11) is 0. The Balaban J connectivity index is 2.08. The van der Waals surface area contributed by atoms with E-state index in [2.05, 4.69) is 22.0 Å².